The quantitative estimate of drug-likeness (QED) is 0.942. The maximum absolute atomic E-state index is 9.47. The van der Waals surface area contributed by atoms with E-state index in [1.807, 2.05) is 25.5 Å². The third kappa shape index (κ3) is 2.26. The Labute approximate surface area is 123 Å². The average Bonchev–Trinajstić information content (AvgIpc) is 3.17. The third-order valence-corrected chi connectivity index (χ3v) is 5.09. The van der Waals surface area contributed by atoms with Crippen molar-refractivity contribution in [1.29, 1.82) is 5.26 Å². The zero-order valence-corrected chi connectivity index (χ0v) is 12.4. The molecule has 2 aromatic heterocycles. The second-order valence-electron chi connectivity index (χ2n) is 5.33. The van der Waals surface area contributed by atoms with Crippen LogP contribution in [0, 0.1) is 11.3 Å². The molecular weight excluding hydrogens is 268 g/mol. The van der Waals surface area contributed by atoms with Crippen LogP contribution in [0.4, 0.5) is 0 Å². The number of rotatable bonds is 3. The van der Waals surface area contributed by atoms with Crippen LogP contribution in [0.5, 0.6) is 0 Å². The van der Waals surface area contributed by atoms with E-state index in [0.717, 1.165) is 31.5 Å². The summed E-state index contributed by atoms with van der Waals surface area (Å²) in [7, 11) is 1.89. The SMILES string of the molecule is CNC1(C#N)CCCC(n2ccnc2-c2cccs2)C1. The third-order valence-electron chi connectivity index (χ3n) is 4.22. The van der Waals surface area contributed by atoms with Crippen molar-refractivity contribution in [1.82, 2.24) is 14.9 Å². The smallest absolute Gasteiger partial charge is 0.150 e. The maximum atomic E-state index is 9.47. The lowest BCUT2D eigenvalue weighted by molar-refractivity contribution is 0.243. The normalized spacial score (nSPS) is 26.3. The number of aromatic nitrogens is 2. The molecule has 2 aromatic rings. The average molecular weight is 286 g/mol. The molecule has 4 nitrogen and oxygen atoms in total. The Bertz CT molecular complexity index is 610. The predicted molar refractivity (Wildman–Crippen MR) is 80.4 cm³/mol. The van der Waals surface area contributed by atoms with Crippen LogP contribution in [0.2, 0.25) is 0 Å². The number of hydrogen-bond acceptors (Lipinski definition) is 4. The Hall–Kier alpha value is -1.64. The maximum Gasteiger partial charge on any atom is 0.150 e. The number of thiophene rings is 1. The highest BCUT2D eigenvalue weighted by Gasteiger charge is 2.36. The molecule has 1 aliphatic carbocycles. The summed E-state index contributed by atoms with van der Waals surface area (Å²) in [5.41, 5.74) is -0.389. The Morgan fingerprint density at radius 3 is 3.20 bits per heavy atom. The van der Waals surface area contributed by atoms with E-state index >= 15 is 0 Å². The summed E-state index contributed by atoms with van der Waals surface area (Å²) in [6.07, 6.45) is 7.86. The van der Waals surface area contributed by atoms with E-state index in [2.05, 4.69) is 32.4 Å². The minimum atomic E-state index is -0.389. The van der Waals surface area contributed by atoms with E-state index in [4.69, 9.17) is 0 Å². The van der Waals surface area contributed by atoms with E-state index < -0.39 is 0 Å². The van der Waals surface area contributed by atoms with Crippen LogP contribution < -0.4 is 5.32 Å². The van der Waals surface area contributed by atoms with Gasteiger partial charge in [-0.2, -0.15) is 5.26 Å². The van der Waals surface area contributed by atoms with Crippen molar-refractivity contribution >= 4 is 11.3 Å². The van der Waals surface area contributed by atoms with E-state index in [9.17, 15) is 5.26 Å². The number of hydrogen-bond donors (Lipinski definition) is 1. The summed E-state index contributed by atoms with van der Waals surface area (Å²) in [4.78, 5) is 5.69. The summed E-state index contributed by atoms with van der Waals surface area (Å²) >= 11 is 1.71. The van der Waals surface area contributed by atoms with Crippen LogP contribution in [0.3, 0.4) is 0 Å². The highest BCUT2D eigenvalue weighted by molar-refractivity contribution is 7.13. The first-order chi connectivity index (χ1) is 9.78. The zero-order chi connectivity index (χ0) is 14.0. The lowest BCUT2D eigenvalue weighted by Crippen LogP contribution is -2.45. The fourth-order valence-corrected chi connectivity index (χ4v) is 3.80. The van der Waals surface area contributed by atoms with Gasteiger partial charge >= 0.3 is 0 Å². The van der Waals surface area contributed by atoms with Crippen LogP contribution in [0.25, 0.3) is 10.7 Å². The van der Waals surface area contributed by atoms with E-state index in [-0.39, 0.29) is 5.54 Å². The molecule has 2 unspecified atom stereocenters. The molecule has 20 heavy (non-hydrogen) atoms. The van der Waals surface area contributed by atoms with Crippen molar-refractivity contribution in [2.24, 2.45) is 0 Å². The molecule has 0 amide bonds. The number of nitriles is 1. The van der Waals surface area contributed by atoms with Gasteiger partial charge in [0.15, 0.2) is 0 Å². The minimum Gasteiger partial charge on any atom is -0.327 e. The summed E-state index contributed by atoms with van der Waals surface area (Å²) in [5.74, 6) is 1.02. The Morgan fingerprint density at radius 1 is 1.60 bits per heavy atom. The molecule has 0 radical (unpaired) electrons. The zero-order valence-electron chi connectivity index (χ0n) is 11.5. The van der Waals surface area contributed by atoms with E-state index in [1.165, 1.54) is 4.88 Å². The highest BCUT2D eigenvalue weighted by atomic mass is 32.1. The Kier molecular flexibility index (Phi) is 3.60. The van der Waals surface area contributed by atoms with Crippen molar-refractivity contribution in [2.75, 3.05) is 7.05 Å². The molecule has 1 saturated carbocycles. The van der Waals surface area contributed by atoms with Crippen LogP contribution in [-0.2, 0) is 0 Å². The molecule has 0 aromatic carbocycles. The van der Waals surface area contributed by atoms with Crippen molar-refractivity contribution < 1.29 is 0 Å². The lowest BCUT2D eigenvalue weighted by Gasteiger charge is -2.36. The molecule has 5 heteroatoms. The van der Waals surface area contributed by atoms with Crippen LogP contribution in [0.15, 0.2) is 29.9 Å². The van der Waals surface area contributed by atoms with Crippen molar-refractivity contribution in [3.63, 3.8) is 0 Å². The largest absolute Gasteiger partial charge is 0.327 e. The van der Waals surface area contributed by atoms with Gasteiger partial charge in [-0.25, -0.2) is 4.98 Å². The van der Waals surface area contributed by atoms with Gasteiger partial charge < -0.3 is 9.88 Å². The van der Waals surface area contributed by atoms with Gasteiger partial charge in [-0.3, -0.25) is 0 Å². The number of nitrogens with zero attached hydrogens (tertiary/aromatic N) is 3. The summed E-state index contributed by atoms with van der Waals surface area (Å²) in [5, 5.41) is 14.8. The Morgan fingerprint density at radius 2 is 2.50 bits per heavy atom. The van der Waals surface area contributed by atoms with Gasteiger partial charge in [-0.15, -0.1) is 11.3 Å². The first-order valence-electron chi connectivity index (χ1n) is 6.95. The molecular formula is C15H18N4S. The molecule has 2 heterocycles. The molecule has 0 aliphatic heterocycles. The summed E-state index contributed by atoms with van der Waals surface area (Å²) in [6.45, 7) is 0. The second kappa shape index (κ2) is 5.39. The minimum absolute atomic E-state index is 0.343. The summed E-state index contributed by atoms with van der Waals surface area (Å²) in [6, 6.07) is 6.96. The van der Waals surface area contributed by atoms with Gasteiger partial charge in [0.1, 0.15) is 11.4 Å². The molecule has 0 bridgehead atoms. The molecule has 3 rings (SSSR count). The predicted octanol–water partition coefficient (Wildman–Crippen LogP) is 3.21. The molecule has 1 aliphatic rings. The van der Waals surface area contributed by atoms with Crippen LogP contribution in [-0.4, -0.2) is 22.1 Å². The fourth-order valence-electron chi connectivity index (χ4n) is 3.07. The molecule has 1 fully saturated rings. The van der Waals surface area contributed by atoms with Gasteiger partial charge in [0.25, 0.3) is 0 Å². The second-order valence-corrected chi connectivity index (χ2v) is 6.28. The van der Waals surface area contributed by atoms with Gasteiger partial charge in [0.05, 0.1) is 10.9 Å². The standard InChI is InChI=1S/C15H18N4S/c1-17-15(11-16)6-2-4-12(10-15)19-8-7-18-14(19)13-5-3-9-20-13/h3,5,7-9,12,17H,2,4,6,10H2,1H3. The molecule has 2 atom stereocenters. The van der Waals surface area contributed by atoms with E-state index in [1.54, 1.807) is 11.3 Å². The van der Waals surface area contributed by atoms with Gasteiger partial charge in [0.2, 0.25) is 0 Å². The fraction of sp³-hybridized carbons (Fsp3) is 0.467. The van der Waals surface area contributed by atoms with Crippen molar-refractivity contribution in [2.45, 2.75) is 37.3 Å². The van der Waals surface area contributed by atoms with Crippen LogP contribution >= 0.6 is 11.3 Å². The van der Waals surface area contributed by atoms with E-state index in [0.29, 0.717) is 6.04 Å². The molecule has 1 N–H and O–H groups in total. The van der Waals surface area contributed by atoms with Gasteiger partial charge in [-0.1, -0.05) is 6.07 Å². The first kappa shape index (κ1) is 13.3. The van der Waals surface area contributed by atoms with Crippen molar-refractivity contribution in [3.05, 3.63) is 29.9 Å². The number of imidazole rings is 1. The molecule has 0 saturated heterocycles. The topological polar surface area (TPSA) is 53.6 Å². The van der Waals surface area contributed by atoms with Gasteiger partial charge in [0, 0.05) is 18.4 Å². The highest BCUT2D eigenvalue weighted by Crippen LogP contribution is 2.37. The number of nitrogens with one attached hydrogen (secondary N) is 1. The lowest BCUT2D eigenvalue weighted by atomic mass is 9.80. The monoisotopic (exact) mass is 286 g/mol. The van der Waals surface area contributed by atoms with Gasteiger partial charge in [-0.05, 0) is 44.2 Å². The van der Waals surface area contributed by atoms with Crippen LogP contribution in [0.1, 0.15) is 31.7 Å². The summed E-state index contributed by atoms with van der Waals surface area (Å²) < 4.78 is 2.24. The molecule has 0 spiro atoms. The van der Waals surface area contributed by atoms with Crippen molar-refractivity contribution in [3.8, 4) is 16.8 Å². The first-order valence-corrected chi connectivity index (χ1v) is 7.83. The Balaban J connectivity index is 1.91. The molecule has 104 valence electrons.